The topological polar surface area (TPSA) is 48.1 Å². The van der Waals surface area contributed by atoms with Gasteiger partial charge in [0.25, 0.3) is 0 Å². The Labute approximate surface area is 90.4 Å². The largest absolute Gasteiger partial charge is 0.367 e. The van der Waals surface area contributed by atoms with Crippen molar-refractivity contribution in [2.45, 2.75) is 32.5 Å². The molecule has 1 aliphatic rings. The van der Waals surface area contributed by atoms with E-state index in [1.807, 2.05) is 0 Å². The van der Waals surface area contributed by atoms with Gasteiger partial charge in [-0.2, -0.15) is 5.53 Å². The maximum absolute atomic E-state index is 3.43. The minimum atomic E-state index is 0.234. The zero-order valence-electron chi connectivity index (χ0n) is 9.17. The highest BCUT2D eigenvalue weighted by Crippen LogP contribution is 2.12. The number of hydrogen-bond acceptors (Lipinski definition) is 4. The Balaban J connectivity index is 1.99. The number of hydrogen-bond donors (Lipinski definition) is 4. The molecule has 0 amide bonds. The third-order valence-electron chi connectivity index (χ3n) is 2.70. The van der Waals surface area contributed by atoms with Gasteiger partial charge in [-0.15, -0.1) is 0 Å². The molecule has 1 aromatic carbocycles. The van der Waals surface area contributed by atoms with Gasteiger partial charge in [0.2, 0.25) is 0 Å². The first-order chi connectivity index (χ1) is 7.29. The fourth-order valence-electron chi connectivity index (χ4n) is 1.70. The first-order valence-corrected chi connectivity index (χ1v) is 5.39. The summed E-state index contributed by atoms with van der Waals surface area (Å²) in [4.78, 5) is 0. The quantitative estimate of drug-likeness (QED) is 0.598. The highest BCUT2D eigenvalue weighted by Gasteiger charge is 2.24. The van der Waals surface area contributed by atoms with Crippen LogP contribution in [0.4, 0.5) is 5.69 Å². The van der Waals surface area contributed by atoms with Gasteiger partial charge < -0.3 is 5.32 Å². The van der Waals surface area contributed by atoms with Crippen LogP contribution in [0.5, 0.6) is 0 Å². The number of rotatable bonds is 3. The van der Waals surface area contributed by atoms with Gasteiger partial charge in [-0.05, 0) is 25.5 Å². The number of nitrogens with one attached hydrogen (secondary N) is 4. The van der Waals surface area contributed by atoms with Crippen LogP contribution in [0.25, 0.3) is 0 Å². The zero-order valence-corrected chi connectivity index (χ0v) is 9.17. The zero-order chi connectivity index (χ0) is 10.7. The van der Waals surface area contributed by atoms with Crippen LogP contribution in [0, 0.1) is 6.92 Å². The van der Waals surface area contributed by atoms with Crippen molar-refractivity contribution in [3.63, 3.8) is 0 Å². The van der Waals surface area contributed by atoms with Crippen LogP contribution in [-0.2, 0) is 0 Å². The van der Waals surface area contributed by atoms with Crippen molar-refractivity contribution < 1.29 is 0 Å². The molecule has 0 aliphatic carbocycles. The van der Waals surface area contributed by atoms with E-state index < -0.39 is 0 Å². The second-order valence-corrected chi connectivity index (χ2v) is 3.92. The van der Waals surface area contributed by atoms with Crippen molar-refractivity contribution in [3.8, 4) is 0 Å². The van der Waals surface area contributed by atoms with Crippen LogP contribution in [0.1, 0.15) is 18.9 Å². The van der Waals surface area contributed by atoms with Crippen molar-refractivity contribution in [3.05, 3.63) is 29.8 Å². The van der Waals surface area contributed by atoms with Crippen molar-refractivity contribution in [1.82, 2.24) is 16.4 Å². The molecule has 0 aromatic heterocycles. The molecule has 2 atom stereocenters. The highest BCUT2D eigenvalue weighted by atomic mass is 15.7. The standard InChI is InChI=1S/C11H18N4/c1-3-10-11(14-15-13-10)12-9-6-4-8(2)5-7-9/h4-7,10-15H,3H2,1-2H3. The molecule has 2 rings (SSSR count). The van der Waals surface area contributed by atoms with E-state index in [4.69, 9.17) is 0 Å². The van der Waals surface area contributed by atoms with E-state index in [0.717, 1.165) is 12.1 Å². The van der Waals surface area contributed by atoms with E-state index in [-0.39, 0.29) is 6.17 Å². The van der Waals surface area contributed by atoms with Gasteiger partial charge in [-0.1, -0.05) is 24.6 Å². The van der Waals surface area contributed by atoms with Crippen LogP contribution >= 0.6 is 0 Å². The molecule has 0 bridgehead atoms. The van der Waals surface area contributed by atoms with E-state index in [2.05, 4.69) is 59.8 Å². The lowest BCUT2D eigenvalue weighted by molar-refractivity contribution is 0.523. The Morgan fingerprint density at radius 1 is 1.20 bits per heavy atom. The lowest BCUT2D eigenvalue weighted by Crippen LogP contribution is -2.40. The number of benzene rings is 1. The molecule has 1 heterocycles. The minimum Gasteiger partial charge on any atom is -0.367 e. The molecular formula is C11H18N4. The third-order valence-corrected chi connectivity index (χ3v) is 2.70. The summed E-state index contributed by atoms with van der Waals surface area (Å²) in [5, 5.41) is 3.43. The Hall–Kier alpha value is -1.10. The molecule has 1 aromatic rings. The van der Waals surface area contributed by atoms with Gasteiger partial charge in [0.05, 0.1) is 6.04 Å². The Morgan fingerprint density at radius 3 is 2.60 bits per heavy atom. The Morgan fingerprint density at radius 2 is 1.93 bits per heavy atom. The second-order valence-electron chi connectivity index (χ2n) is 3.92. The fourth-order valence-corrected chi connectivity index (χ4v) is 1.70. The first kappa shape index (κ1) is 10.4. The van der Waals surface area contributed by atoms with Crippen molar-refractivity contribution in [2.75, 3.05) is 5.32 Å². The third kappa shape index (κ3) is 2.47. The Bertz CT molecular complexity index is 309. The second kappa shape index (κ2) is 4.61. The van der Waals surface area contributed by atoms with E-state index in [0.29, 0.717) is 6.04 Å². The SMILES string of the molecule is CCC1NNNC1Nc1ccc(C)cc1. The minimum absolute atomic E-state index is 0.234. The van der Waals surface area contributed by atoms with Crippen molar-refractivity contribution in [2.24, 2.45) is 0 Å². The van der Waals surface area contributed by atoms with Gasteiger partial charge in [0.15, 0.2) is 0 Å². The lowest BCUT2D eigenvalue weighted by atomic mass is 10.1. The lowest BCUT2D eigenvalue weighted by Gasteiger charge is -2.19. The molecule has 2 unspecified atom stereocenters. The highest BCUT2D eigenvalue weighted by molar-refractivity contribution is 5.45. The van der Waals surface area contributed by atoms with E-state index >= 15 is 0 Å². The summed E-state index contributed by atoms with van der Waals surface area (Å²) in [5.74, 6) is 0. The Kier molecular flexibility index (Phi) is 3.20. The molecule has 82 valence electrons. The van der Waals surface area contributed by atoms with E-state index in [1.165, 1.54) is 5.56 Å². The average molecular weight is 206 g/mol. The molecule has 0 saturated carbocycles. The summed E-state index contributed by atoms with van der Waals surface area (Å²) in [6.07, 6.45) is 1.31. The molecule has 4 nitrogen and oxygen atoms in total. The van der Waals surface area contributed by atoms with Gasteiger partial charge in [-0.25, -0.2) is 10.9 Å². The average Bonchev–Trinajstić information content (AvgIpc) is 2.69. The molecule has 0 spiro atoms. The predicted octanol–water partition coefficient (Wildman–Crippen LogP) is 1.12. The molecule has 4 heteroatoms. The normalized spacial score (nSPS) is 25.5. The van der Waals surface area contributed by atoms with Gasteiger partial charge in [0.1, 0.15) is 6.17 Å². The predicted molar refractivity (Wildman–Crippen MR) is 62.1 cm³/mol. The maximum atomic E-state index is 3.43. The summed E-state index contributed by atoms with van der Waals surface area (Å²) in [6.45, 7) is 4.26. The van der Waals surface area contributed by atoms with Crippen LogP contribution in [0.2, 0.25) is 0 Å². The molecule has 0 radical (unpaired) electrons. The van der Waals surface area contributed by atoms with Crippen molar-refractivity contribution in [1.29, 1.82) is 0 Å². The monoisotopic (exact) mass is 206 g/mol. The van der Waals surface area contributed by atoms with Crippen LogP contribution in [0.15, 0.2) is 24.3 Å². The number of anilines is 1. The van der Waals surface area contributed by atoms with E-state index in [9.17, 15) is 0 Å². The summed E-state index contributed by atoms with van der Waals surface area (Å²) >= 11 is 0. The van der Waals surface area contributed by atoms with Crippen LogP contribution in [-0.4, -0.2) is 12.2 Å². The smallest absolute Gasteiger partial charge is 0.108 e. The molecule has 1 aliphatic heterocycles. The fraction of sp³-hybridized carbons (Fsp3) is 0.455. The molecule has 4 N–H and O–H groups in total. The summed E-state index contributed by atoms with van der Waals surface area (Å²) in [7, 11) is 0. The molecule has 1 fully saturated rings. The molecule has 15 heavy (non-hydrogen) atoms. The first-order valence-electron chi connectivity index (χ1n) is 5.39. The summed E-state index contributed by atoms with van der Waals surface area (Å²) in [6, 6.07) is 8.83. The number of hydrazine groups is 2. The molecular weight excluding hydrogens is 188 g/mol. The number of aryl methyl sites for hydroxylation is 1. The maximum Gasteiger partial charge on any atom is 0.108 e. The van der Waals surface area contributed by atoms with Crippen LogP contribution < -0.4 is 21.7 Å². The summed E-state index contributed by atoms with van der Waals surface area (Å²) < 4.78 is 0. The van der Waals surface area contributed by atoms with Gasteiger partial charge in [-0.3, -0.25) is 0 Å². The van der Waals surface area contributed by atoms with E-state index in [1.54, 1.807) is 0 Å². The van der Waals surface area contributed by atoms with Crippen LogP contribution in [0.3, 0.4) is 0 Å². The van der Waals surface area contributed by atoms with Gasteiger partial charge >= 0.3 is 0 Å². The van der Waals surface area contributed by atoms with Crippen molar-refractivity contribution >= 4 is 5.69 Å². The molecule has 1 saturated heterocycles. The summed E-state index contributed by atoms with van der Waals surface area (Å²) in [5.41, 5.74) is 11.7. The van der Waals surface area contributed by atoms with Gasteiger partial charge in [0, 0.05) is 5.69 Å².